The Balaban J connectivity index is 2.21. The summed E-state index contributed by atoms with van der Waals surface area (Å²) in [5.41, 5.74) is -0.158. The number of nitro groups is 1. The Bertz CT molecular complexity index is 536. The predicted molar refractivity (Wildman–Crippen MR) is 77.5 cm³/mol. The largest absolute Gasteiger partial charge is 0.338 e. The second-order valence-electron chi connectivity index (χ2n) is 4.80. The van der Waals surface area contributed by atoms with Crippen LogP contribution in [0.2, 0.25) is 5.02 Å². The number of rotatable bonds is 4. The van der Waals surface area contributed by atoms with E-state index in [0.29, 0.717) is 29.9 Å². The Morgan fingerprint density at radius 1 is 1.50 bits per heavy atom. The van der Waals surface area contributed by atoms with Crippen molar-refractivity contribution in [1.82, 2.24) is 4.90 Å². The average molecular weight is 317 g/mol. The van der Waals surface area contributed by atoms with Gasteiger partial charge in [-0.25, -0.2) is 0 Å². The topological polar surface area (TPSA) is 63.4 Å². The lowest BCUT2D eigenvalue weighted by molar-refractivity contribution is -0.385. The Morgan fingerprint density at radius 2 is 2.25 bits per heavy atom. The summed E-state index contributed by atoms with van der Waals surface area (Å²) in [6.07, 6.45) is 1.73. The fraction of sp³-hybridized carbons (Fsp3) is 0.462. The highest BCUT2D eigenvalue weighted by atomic mass is 35.5. The van der Waals surface area contributed by atoms with Crippen LogP contribution in [0.1, 0.15) is 23.2 Å². The summed E-state index contributed by atoms with van der Waals surface area (Å²) in [6, 6.07) is 4.04. The van der Waals surface area contributed by atoms with Crippen molar-refractivity contribution in [3.05, 3.63) is 38.9 Å². The molecule has 0 spiro atoms. The number of likely N-dealkylation sites (tertiary alicyclic amines) is 1. The van der Waals surface area contributed by atoms with Gasteiger partial charge >= 0.3 is 0 Å². The minimum Gasteiger partial charge on any atom is -0.338 e. The molecule has 1 heterocycles. The van der Waals surface area contributed by atoms with Gasteiger partial charge in [-0.1, -0.05) is 11.6 Å². The molecule has 1 aromatic rings. The number of hydrogen-bond donors (Lipinski definition) is 0. The van der Waals surface area contributed by atoms with Crippen LogP contribution < -0.4 is 0 Å². The van der Waals surface area contributed by atoms with Crippen molar-refractivity contribution in [3.8, 4) is 0 Å². The monoisotopic (exact) mass is 316 g/mol. The molecule has 108 valence electrons. The summed E-state index contributed by atoms with van der Waals surface area (Å²) in [6.45, 7) is 1.19. The van der Waals surface area contributed by atoms with Crippen molar-refractivity contribution >= 4 is 34.8 Å². The van der Waals surface area contributed by atoms with Crippen molar-refractivity contribution in [2.24, 2.45) is 5.92 Å². The third kappa shape index (κ3) is 3.22. The van der Waals surface area contributed by atoms with E-state index in [1.54, 1.807) is 4.90 Å². The van der Waals surface area contributed by atoms with Gasteiger partial charge in [0, 0.05) is 30.1 Å². The Morgan fingerprint density at radius 3 is 2.90 bits per heavy atom. The van der Waals surface area contributed by atoms with Gasteiger partial charge in [-0.3, -0.25) is 14.9 Å². The van der Waals surface area contributed by atoms with Crippen LogP contribution in [0.4, 0.5) is 5.69 Å². The lowest BCUT2D eigenvalue weighted by Crippen LogP contribution is -2.29. The van der Waals surface area contributed by atoms with E-state index >= 15 is 0 Å². The first-order valence-electron chi connectivity index (χ1n) is 6.32. The summed E-state index contributed by atoms with van der Waals surface area (Å²) < 4.78 is 0. The van der Waals surface area contributed by atoms with E-state index in [-0.39, 0.29) is 17.2 Å². The van der Waals surface area contributed by atoms with Crippen LogP contribution in [0.3, 0.4) is 0 Å². The molecular formula is C13H14Cl2N2O3. The second-order valence-corrected chi connectivity index (χ2v) is 5.62. The van der Waals surface area contributed by atoms with Gasteiger partial charge in [0.15, 0.2) is 0 Å². The SMILES string of the molecule is O=C(c1cc(Cl)ccc1[N+](=O)[O-])N1CCC(CCCl)C1. The molecule has 1 aromatic carbocycles. The molecule has 0 aliphatic carbocycles. The van der Waals surface area contributed by atoms with Gasteiger partial charge in [-0.15, -0.1) is 11.6 Å². The molecular weight excluding hydrogens is 303 g/mol. The van der Waals surface area contributed by atoms with Gasteiger partial charge in [0.2, 0.25) is 0 Å². The number of amides is 1. The second kappa shape index (κ2) is 6.41. The van der Waals surface area contributed by atoms with E-state index in [0.717, 1.165) is 12.8 Å². The number of hydrogen-bond acceptors (Lipinski definition) is 3. The predicted octanol–water partition coefficient (Wildman–Crippen LogP) is 3.34. The molecule has 0 N–H and O–H groups in total. The molecule has 2 rings (SSSR count). The van der Waals surface area contributed by atoms with Gasteiger partial charge in [-0.05, 0) is 30.9 Å². The Labute approximate surface area is 126 Å². The molecule has 0 aromatic heterocycles. The molecule has 1 fully saturated rings. The number of alkyl halides is 1. The molecule has 7 heteroatoms. The number of nitrogens with zero attached hydrogens (tertiary/aromatic N) is 2. The number of halogens is 2. The van der Waals surface area contributed by atoms with Crippen molar-refractivity contribution < 1.29 is 9.72 Å². The van der Waals surface area contributed by atoms with Crippen LogP contribution in [-0.2, 0) is 0 Å². The highest BCUT2D eigenvalue weighted by Crippen LogP contribution is 2.27. The molecule has 1 aliphatic rings. The maximum Gasteiger partial charge on any atom is 0.282 e. The van der Waals surface area contributed by atoms with Gasteiger partial charge in [-0.2, -0.15) is 0 Å². The smallest absolute Gasteiger partial charge is 0.282 e. The lowest BCUT2D eigenvalue weighted by Gasteiger charge is -2.16. The number of benzene rings is 1. The molecule has 0 saturated carbocycles. The summed E-state index contributed by atoms with van der Waals surface area (Å²) in [5, 5.41) is 11.3. The fourth-order valence-corrected chi connectivity index (χ4v) is 2.90. The fourth-order valence-electron chi connectivity index (χ4n) is 2.42. The molecule has 1 atom stereocenters. The van der Waals surface area contributed by atoms with Gasteiger partial charge in [0.1, 0.15) is 5.56 Å². The summed E-state index contributed by atoms with van der Waals surface area (Å²) in [4.78, 5) is 24.5. The number of nitro benzene ring substituents is 1. The molecule has 5 nitrogen and oxygen atoms in total. The van der Waals surface area contributed by atoms with Crippen LogP contribution in [0.25, 0.3) is 0 Å². The lowest BCUT2D eigenvalue weighted by atomic mass is 10.1. The van der Waals surface area contributed by atoms with Crippen LogP contribution in [0.15, 0.2) is 18.2 Å². The van der Waals surface area contributed by atoms with Crippen LogP contribution >= 0.6 is 23.2 Å². The molecule has 0 bridgehead atoms. The normalized spacial score (nSPS) is 18.3. The molecule has 20 heavy (non-hydrogen) atoms. The summed E-state index contributed by atoms with van der Waals surface area (Å²) >= 11 is 11.5. The maximum atomic E-state index is 12.4. The Kier molecular flexibility index (Phi) is 4.83. The van der Waals surface area contributed by atoms with E-state index in [4.69, 9.17) is 23.2 Å². The first kappa shape index (κ1) is 15.1. The molecule has 1 aliphatic heterocycles. The zero-order valence-corrected chi connectivity index (χ0v) is 12.2. The van der Waals surface area contributed by atoms with Crippen LogP contribution in [-0.4, -0.2) is 34.7 Å². The third-order valence-corrected chi connectivity index (χ3v) is 3.93. The first-order chi connectivity index (χ1) is 9.52. The number of carbonyl (C=O) groups is 1. The zero-order chi connectivity index (χ0) is 14.7. The molecule has 1 saturated heterocycles. The Hall–Kier alpha value is -1.33. The molecule has 1 amide bonds. The highest BCUT2D eigenvalue weighted by Gasteiger charge is 2.30. The first-order valence-corrected chi connectivity index (χ1v) is 7.23. The average Bonchev–Trinajstić information content (AvgIpc) is 2.86. The third-order valence-electron chi connectivity index (χ3n) is 3.48. The molecule has 0 radical (unpaired) electrons. The quantitative estimate of drug-likeness (QED) is 0.486. The number of carbonyl (C=O) groups excluding carboxylic acids is 1. The minimum atomic E-state index is -0.560. The summed E-state index contributed by atoms with van der Waals surface area (Å²) in [5.74, 6) is 0.593. The van der Waals surface area contributed by atoms with Crippen molar-refractivity contribution in [2.45, 2.75) is 12.8 Å². The van der Waals surface area contributed by atoms with Crippen LogP contribution in [0.5, 0.6) is 0 Å². The van der Waals surface area contributed by atoms with Gasteiger partial charge < -0.3 is 4.90 Å². The van der Waals surface area contributed by atoms with Gasteiger partial charge in [0.25, 0.3) is 11.6 Å². The standard InChI is InChI=1S/C13H14Cl2N2O3/c14-5-3-9-4-6-16(8-9)13(18)11-7-10(15)1-2-12(11)17(19)20/h1-2,7,9H,3-6,8H2. The van der Waals surface area contributed by atoms with E-state index < -0.39 is 4.92 Å². The van der Waals surface area contributed by atoms with E-state index in [9.17, 15) is 14.9 Å². The highest BCUT2D eigenvalue weighted by molar-refractivity contribution is 6.31. The van der Waals surface area contributed by atoms with E-state index in [1.807, 2.05) is 0 Å². The van der Waals surface area contributed by atoms with Crippen molar-refractivity contribution in [3.63, 3.8) is 0 Å². The maximum absolute atomic E-state index is 12.4. The van der Waals surface area contributed by atoms with Crippen LogP contribution in [0, 0.1) is 16.0 Å². The van der Waals surface area contributed by atoms with Crippen molar-refractivity contribution in [1.29, 1.82) is 0 Å². The minimum absolute atomic E-state index is 0.0500. The zero-order valence-electron chi connectivity index (χ0n) is 10.7. The van der Waals surface area contributed by atoms with E-state index in [2.05, 4.69) is 0 Å². The van der Waals surface area contributed by atoms with Crippen molar-refractivity contribution in [2.75, 3.05) is 19.0 Å². The summed E-state index contributed by atoms with van der Waals surface area (Å²) in [7, 11) is 0. The van der Waals surface area contributed by atoms with Gasteiger partial charge in [0.05, 0.1) is 4.92 Å². The van der Waals surface area contributed by atoms with E-state index in [1.165, 1.54) is 18.2 Å². The molecule has 1 unspecified atom stereocenters.